The van der Waals surface area contributed by atoms with Crippen LogP contribution in [0.5, 0.6) is 0 Å². The number of carbonyl (C=O) groups is 1. The number of carbonyl (C=O) groups excluding carboxylic acids is 1. The van der Waals surface area contributed by atoms with Gasteiger partial charge in [0.2, 0.25) is 5.91 Å². The summed E-state index contributed by atoms with van der Waals surface area (Å²) in [6.07, 6.45) is 6.04. The number of nitrogens with two attached hydrogens (primary N) is 1. The van der Waals surface area contributed by atoms with Crippen molar-refractivity contribution in [3.8, 4) is 0 Å². The van der Waals surface area contributed by atoms with Gasteiger partial charge in [0, 0.05) is 22.7 Å². The normalized spacial score (nSPS) is 14.9. The van der Waals surface area contributed by atoms with Crippen molar-refractivity contribution in [1.29, 1.82) is 0 Å². The molecule has 1 aliphatic carbocycles. The Balaban J connectivity index is 1.65. The molecule has 4 rings (SSSR count). The van der Waals surface area contributed by atoms with Gasteiger partial charge in [0.05, 0.1) is 17.8 Å². The Kier molecular flexibility index (Phi) is 5.24. The predicted octanol–water partition coefficient (Wildman–Crippen LogP) is 4.81. The van der Waals surface area contributed by atoms with Crippen molar-refractivity contribution in [2.45, 2.75) is 44.7 Å². The summed E-state index contributed by atoms with van der Waals surface area (Å²) in [5, 5.41) is 0.804. The Bertz CT molecular complexity index is 981. The molecule has 1 aliphatic rings. The highest BCUT2D eigenvalue weighted by Crippen LogP contribution is 2.29. The van der Waals surface area contributed by atoms with E-state index in [-0.39, 0.29) is 5.82 Å². The molecule has 5 heteroatoms. The summed E-state index contributed by atoms with van der Waals surface area (Å²) in [6, 6.07) is 16.5. The molecule has 3 aromatic rings. The highest BCUT2D eigenvalue weighted by atomic mass is 19.1. The van der Waals surface area contributed by atoms with Crippen molar-refractivity contribution in [3.63, 3.8) is 0 Å². The van der Waals surface area contributed by atoms with E-state index in [0.29, 0.717) is 18.2 Å². The minimum absolute atomic E-state index is 0.250. The molecule has 4 nitrogen and oxygen atoms in total. The number of hydrogen-bond donors (Lipinski definition) is 1. The lowest BCUT2D eigenvalue weighted by molar-refractivity contribution is 0.100. The number of benzene rings is 2. The molecule has 144 valence electrons. The fraction of sp³-hybridized carbons (Fsp3) is 0.304. The van der Waals surface area contributed by atoms with E-state index >= 15 is 0 Å². The highest BCUT2D eigenvalue weighted by molar-refractivity contribution is 5.93. The standard InChI is InChI=1S/C23H24FN3O/c24-18-9-13-22-17(14-18)6-10-19(26-22)15-27(20-4-2-1-3-5-20)21-11-7-16(8-12-21)23(25)28/h6-14,20H,1-5,15H2,(H2,25,28). The van der Waals surface area contributed by atoms with Gasteiger partial charge >= 0.3 is 0 Å². The van der Waals surface area contributed by atoms with Crippen LogP contribution < -0.4 is 10.6 Å². The summed E-state index contributed by atoms with van der Waals surface area (Å²) in [5.41, 5.74) is 8.71. The SMILES string of the molecule is NC(=O)c1ccc(N(Cc2ccc3cc(F)ccc3n2)C2CCCCC2)cc1. The van der Waals surface area contributed by atoms with Gasteiger partial charge in [-0.25, -0.2) is 4.39 Å². The van der Waals surface area contributed by atoms with Crippen LogP contribution in [0.2, 0.25) is 0 Å². The molecule has 0 atom stereocenters. The van der Waals surface area contributed by atoms with Crippen LogP contribution in [0.15, 0.2) is 54.6 Å². The monoisotopic (exact) mass is 377 g/mol. The summed E-state index contributed by atoms with van der Waals surface area (Å²) >= 11 is 0. The maximum Gasteiger partial charge on any atom is 0.248 e. The second kappa shape index (κ2) is 7.97. The summed E-state index contributed by atoms with van der Waals surface area (Å²) in [7, 11) is 0. The molecule has 0 radical (unpaired) electrons. The van der Waals surface area contributed by atoms with Crippen molar-refractivity contribution in [1.82, 2.24) is 4.98 Å². The van der Waals surface area contributed by atoms with Crippen LogP contribution in [0.3, 0.4) is 0 Å². The van der Waals surface area contributed by atoms with E-state index in [1.54, 1.807) is 18.2 Å². The second-order valence-electron chi connectivity index (χ2n) is 7.47. The smallest absolute Gasteiger partial charge is 0.248 e. The number of anilines is 1. The molecular weight excluding hydrogens is 353 g/mol. The van der Waals surface area contributed by atoms with Gasteiger partial charge in [-0.05, 0) is 61.4 Å². The van der Waals surface area contributed by atoms with Crippen LogP contribution >= 0.6 is 0 Å². The van der Waals surface area contributed by atoms with E-state index in [4.69, 9.17) is 10.7 Å². The Morgan fingerprint density at radius 1 is 1.04 bits per heavy atom. The zero-order valence-electron chi connectivity index (χ0n) is 15.8. The fourth-order valence-corrected chi connectivity index (χ4v) is 4.04. The number of pyridine rings is 1. The minimum atomic E-state index is -0.417. The van der Waals surface area contributed by atoms with Gasteiger partial charge in [-0.3, -0.25) is 9.78 Å². The first kappa shape index (κ1) is 18.4. The minimum Gasteiger partial charge on any atom is -0.366 e. The van der Waals surface area contributed by atoms with Gasteiger partial charge in [0.15, 0.2) is 0 Å². The average molecular weight is 377 g/mol. The quantitative estimate of drug-likeness (QED) is 0.694. The molecule has 0 unspecified atom stereocenters. The van der Waals surface area contributed by atoms with E-state index in [0.717, 1.165) is 35.1 Å². The van der Waals surface area contributed by atoms with E-state index in [9.17, 15) is 9.18 Å². The molecule has 1 heterocycles. The summed E-state index contributed by atoms with van der Waals surface area (Å²) in [4.78, 5) is 18.5. The number of aromatic nitrogens is 1. The van der Waals surface area contributed by atoms with Gasteiger partial charge in [-0.2, -0.15) is 0 Å². The van der Waals surface area contributed by atoms with Gasteiger partial charge in [-0.15, -0.1) is 0 Å². The summed E-state index contributed by atoms with van der Waals surface area (Å²) < 4.78 is 13.4. The lowest BCUT2D eigenvalue weighted by Crippen LogP contribution is -2.36. The fourth-order valence-electron chi connectivity index (χ4n) is 4.04. The largest absolute Gasteiger partial charge is 0.366 e. The summed E-state index contributed by atoms with van der Waals surface area (Å²) in [6.45, 7) is 0.675. The Morgan fingerprint density at radius 2 is 1.79 bits per heavy atom. The zero-order chi connectivity index (χ0) is 19.5. The van der Waals surface area contributed by atoms with Gasteiger partial charge in [-0.1, -0.05) is 25.3 Å². The molecule has 2 aromatic carbocycles. The van der Waals surface area contributed by atoms with Crippen LogP contribution in [0.4, 0.5) is 10.1 Å². The predicted molar refractivity (Wildman–Crippen MR) is 110 cm³/mol. The lowest BCUT2D eigenvalue weighted by atomic mass is 9.93. The number of fused-ring (bicyclic) bond motifs is 1. The first-order valence-electron chi connectivity index (χ1n) is 9.82. The van der Waals surface area contributed by atoms with Crippen molar-refractivity contribution in [2.24, 2.45) is 5.73 Å². The number of amides is 1. The maximum absolute atomic E-state index is 13.4. The van der Waals surface area contributed by atoms with Gasteiger partial charge < -0.3 is 10.6 Å². The number of hydrogen-bond acceptors (Lipinski definition) is 3. The molecule has 0 spiro atoms. The van der Waals surface area contributed by atoms with Crippen molar-refractivity contribution < 1.29 is 9.18 Å². The van der Waals surface area contributed by atoms with Crippen molar-refractivity contribution in [2.75, 3.05) is 4.90 Å². The third-order valence-corrected chi connectivity index (χ3v) is 5.54. The number of halogens is 1. The molecule has 0 aliphatic heterocycles. The van der Waals surface area contributed by atoms with Crippen LogP contribution in [-0.4, -0.2) is 16.9 Å². The molecule has 1 saturated carbocycles. The number of nitrogens with zero attached hydrogens (tertiary/aromatic N) is 2. The number of rotatable bonds is 5. The molecule has 2 N–H and O–H groups in total. The third kappa shape index (κ3) is 3.98. The number of primary amides is 1. The Morgan fingerprint density at radius 3 is 2.50 bits per heavy atom. The van der Waals surface area contributed by atoms with Crippen LogP contribution in [-0.2, 0) is 6.54 Å². The molecule has 1 fully saturated rings. The molecular formula is C23H24FN3O. The van der Waals surface area contributed by atoms with E-state index in [1.165, 1.54) is 31.4 Å². The van der Waals surface area contributed by atoms with Crippen LogP contribution in [0.25, 0.3) is 10.9 Å². The lowest BCUT2D eigenvalue weighted by Gasteiger charge is -2.36. The van der Waals surface area contributed by atoms with Crippen molar-refractivity contribution in [3.05, 3.63) is 71.7 Å². The van der Waals surface area contributed by atoms with Crippen LogP contribution in [0.1, 0.15) is 48.2 Å². The molecule has 0 saturated heterocycles. The molecule has 0 bridgehead atoms. The molecule has 1 aromatic heterocycles. The van der Waals surface area contributed by atoms with Crippen molar-refractivity contribution >= 4 is 22.5 Å². The Labute approximate surface area is 164 Å². The van der Waals surface area contributed by atoms with E-state index in [2.05, 4.69) is 4.90 Å². The summed E-state index contributed by atoms with van der Waals surface area (Å²) in [5.74, 6) is -0.667. The highest BCUT2D eigenvalue weighted by Gasteiger charge is 2.22. The third-order valence-electron chi connectivity index (χ3n) is 5.54. The average Bonchev–Trinajstić information content (AvgIpc) is 2.73. The second-order valence-corrected chi connectivity index (χ2v) is 7.47. The van der Waals surface area contributed by atoms with E-state index < -0.39 is 5.91 Å². The molecule has 28 heavy (non-hydrogen) atoms. The van der Waals surface area contributed by atoms with Crippen LogP contribution in [0, 0.1) is 5.82 Å². The molecule has 1 amide bonds. The maximum atomic E-state index is 13.4. The first-order chi connectivity index (χ1) is 13.6. The van der Waals surface area contributed by atoms with Gasteiger partial charge in [0.25, 0.3) is 0 Å². The van der Waals surface area contributed by atoms with E-state index in [1.807, 2.05) is 24.3 Å². The Hall–Kier alpha value is -2.95. The first-order valence-corrected chi connectivity index (χ1v) is 9.82. The zero-order valence-corrected chi connectivity index (χ0v) is 15.8. The topological polar surface area (TPSA) is 59.2 Å². The van der Waals surface area contributed by atoms with Gasteiger partial charge in [0.1, 0.15) is 5.82 Å².